The highest BCUT2D eigenvalue weighted by atomic mass is 28.4. The highest BCUT2D eigenvalue weighted by Crippen LogP contribution is 2.14. The Kier molecular flexibility index (Phi) is 4.31. The number of benzene rings is 1. The third kappa shape index (κ3) is 4.32. The van der Waals surface area contributed by atoms with Gasteiger partial charge in [-0.25, -0.2) is 0 Å². The quantitative estimate of drug-likeness (QED) is 0.731. The van der Waals surface area contributed by atoms with Crippen molar-refractivity contribution in [3.8, 4) is 0 Å². The van der Waals surface area contributed by atoms with Crippen molar-refractivity contribution in [2.45, 2.75) is 39.0 Å². The maximum Gasteiger partial charge on any atom is 0.142 e. The first-order valence-corrected chi connectivity index (χ1v) is 10.4. The first kappa shape index (κ1) is 12.7. The molecule has 0 saturated heterocycles. The summed E-state index contributed by atoms with van der Waals surface area (Å²) in [4.78, 5) is 0. The van der Waals surface area contributed by atoms with Crippen LogP contribution in [0.3, 0.4) is 0 Å². The van der Waals surface area contributed by atoms with Gasteiger partial charge < -0.3 is 4.12 Å². The number of hydrogen-bond donors (Lipinski definition) is 0. The highest BCUT2D eigenvalue weighted by molar-refractivity contribution is 6.82. The molecule has 0 unspecified atom stereocenters. The second-order valence-corrected chi connectivity index (χ2v) is 12.6. The highest BCUT2D eigenvalue weighted by Gasteiger charge is 2.14. The van der Waals surface area contributed by atoms with Crippen molar-refractivity contribution in [2.24, 2.45) is 0 Å². The molecule has 0 aromatic heterocycles. The van der Waals surface area contributed by atoms with Gasteiger partial charge in [-0.2, -0.15) is 14.2 Å². The minimum absolute atomic E-state index is 0.629. The van der Waals surface area contributed by atoms with Crippen LogP contribution < -0.4 is 5.19 Å². The van der Waals surface area contributed by atoms with Crippen LogP contribution in [0.2, 0.25) is 25.2 Å². The lowest BCUT2D eigenvalue weighted by molar-refractivity contribution is 0.567. The first-order valence-electron chi connectivity index (χ1n) is 5.51. The molecule has 0 aliphatic carbocycles. The summed E-state index contributed by atoms with van der Waals surface area (Å²) >= 11 is 0. The molecule has 15 heavy (non-hydrogen) atoms. The third-order valence-electron chi connectivity index (χ3n) is 2.00. The lowest BCUT2D eigenvalue weighted by Crippen LogP contribution is -2.44. The molecular weight excluding hydrogens is 216 g/mol. The molecule has 0 saturated carbocycles. The van der Waals surface area contributed by atoms with E-state index in [-0.39, 0.29) is 0 Å². The van der Waals surface area contributed by atoms with E-state index in [1.54, 1.807) is 0 Å². The van der Waals surface area contributed by atoms with Crippen LogP contribution in [0.4, 0.5) is 0 Å². The molecule has 0 heterocycles. The fourth-order valence-electron chi connectivity index (χ4n) is 1.44. The van der Waals surface area contributed by atoms with Crippen molar-refractivity contribution >= 4 is 22.5 Å². The van der Waals surface area contributed by atoms with Gasteiger partial charge in [-0.05, 0) is 19.6 Å². The second-order valence-electron chi connectivity index (χ2n) is 5.10. The molecule has 1 nitrogen and oxygen atoms in total. The van der Waals surface area contributed by atoms with Crippen LogP contribution >= 0.6 is 0 Å². The van der Waals surface area contributed by atoms with Crippen molar-refractivity contribution in [1.29, 1.82) is 0 Å². The van der Waals surface area contributed by atoms with Gasteiger partial charge in [0.2, 0.25) is 0 Å². The maximum atomic E-state index is 6.33. The van der Waals surface area contributed by atoms with E-state index >= 15 is 0 Å². The van der Waals surface area contributed by atoms with Gasteiger partial charge in [0.15, 0.2) is 0 Å². The molecule has 0 atom stereocenters. The fourth-order valence-corrected chi connectivity index (χ4v) is 6.68. The van der Waals surface area contributed by atoms with Crippen molar-refractivity contribution in [3.05, 3.63) is 30.3 Å². The van der Waals surface area contributed by atoms with E-state index in [0.29, 0.717) is 5.54 Å². The smallest absolute Gasteiger partial charge is 0.142 e. The Labute approximate surface area is 96.3 Å². The van der Waals surface area contributed by atoms with Crippen LogP contribution in [0.5, 0.6) is 0 Å². The van der Waals surface area contributed by atoms with Crippen molar-refractivity contribution in [1.82, 2.24) is 0 Å². The molecular formula is C12H21OSi2-. The van der Waals surface area contributed by atoms with E-state index < -0.39 is 17.4 Å². The number of hydrogen-bond acceptors (Lipinski definition) is 1. The van der Waals surface area contributed by atoms with Crippen LogP contribution in [-0.4, -0.2) is 17.4 Å². The Morgan fingerprint density at radius 2 is 1.60 bits per heavy atom. The van der Waals surface area contributed by atoms with Crippen molar-refractivity contribution in [2.75, 3.05) is 0 Å². The summed E-state index contributed by atoms with van der Waals surface area (Å²) in [6.45, 7) is 11.3. The second kappa shape index (κ2) is 5.10. The Balaban J connectivity index is 2.85. The predicted octanol–water partition coefficient (Wildman–Crippen LogP) is 3.15. The molecule has 0 fully saturated rings. The van der Waals surface area contributed by atoms with E-state index in [1.165, 1.54) is 5.19 Å². The van der Waals surface area contributed by atoms with Gasteiger partial charge in [-0.15, -0.1) is 5.54 Å². The van der Waals surface area contributed by atoms with E-state index in [1.807, 2.05) is 0 Å². The zero-order valence-electron chi connectivity index (χ0n) is 10.4. The topological polar surface area (TPSA) is 9.23 Å². The normalized spacial score (nSPS) is 11.9. The summed E-state index contributed by atoms with van der Waals surface area (Å²) in [6, 6.07) is 10.7. The van der Waals surface area contributed by atoms with Crippen LogP contribution in [0.25, 0.3) is 0 Å². The van der Waals surface area contributed by atoms with Crippen molar-refractivity contribution in [3.63, 3.8) is 0 Å². The summed E-state index contributed by atoms with van der Waals surface area (Å²) in [5.41, 5.74) is 0.629. The monoisotopic (exact) mass is 237 g/mol. The van der Waals surface area contributed by atoms with Gasteiger partial charge in [-0.1, -0.05) is 44.2 Å². The fraction of sp³-hybridized carbons (Fsp3) is 0.500. The van der Waals surface area contributed by atoms with E-state index in [4.69, 9.17) is 4.12 Å². The molecule has 1 aromatic carbocycles. The molecule has 0 amide bonds. The van der Waals surface area contributed by atoms with Gasteiger partial charge in [0.1, 0.15) is 8.32 Å². The Bertz CT molecular complexity index is 290. The van der Waals surface area contributed by atoms with E-state index in [9.17, 15) is 0 Å². The molecule has 1 rings (SSSR count). The summed E-state index contributed by atoms with van der Waals surface area (Å²) in [5, 5.41) is 1.40. The molecule has 1 aromatic rings. The third-order valence-corrected chi connectivity index (χ3v) is 7.28. The van der Waals surface area contributed by atoms with Gasteiger partial charge in [0.25, 0.3) is 0 Å². The van der Waals surface area contributed by atoms with Crippen LogP contribution in [0.1, 0.15) is 13.8 Å². The summed E-state index contributed by atoms with van der Waals surface area (Å²) in [7, 11) is -2.26. The first-order chi connectivity index (χ1) is 6.90. The average Bonchev–Trinajstić information content (AvgIpc) is 2.14. The lowest BCUT2D eigenvalue weighted by atomic mass is 10.4. The van der Waals surface area contributed by atoms with Gasteiger partial charge >= 0.3 is 0 Å². The molecule has 0 aliphatic heterocycles. The van der Waals surface area contributed by atoms with Gasteiger partial charge in [-0.3, -0.25) is 0 Å². The Morgan fingerprint density at radius 1 is 1.07 bits per heavy atom. The number of rotatable bonds is 4. The Morgan fingerprint density at radius 3 is 2.00 bits per heavy atom. The van der Waals surface area contributed by atoms with Crippen LogP contribution in [-0.2, 0) is 4.12 Å². The maximum absolute atomic E-state index is 6.33. The lowest BCUT2D eigenvalue weighted by Gasteiger charge is -2.43. The average molecular weight is 237 g/mol. The molecule has 84 valence electrons. The summed E-state index contributed by atoms with van der Waals surface area (Å²) < 4.78 is 6.33. The summed E-state index contributed by atoms with van der Waals surface area (Å²) in [5.74, 6) is 0. The van der Waals surface area contributed by atoms with Crippen LogP contribution in [0.15, 0.2) is 30.3 Å². The molecule has 0 N–H and O–H groups in total. The molecule has 0 bridgehead atoms. The SMILES string of the molecule is CC(C)[Si-](O[Si](C)(C)C)c1ccccc1. The predicted molar refractivity (Wildman–Crippen MR) is 71.4 cm³/mol. The standard InChI is InChI=1S/C12H21OSi2/c1-11(2)14(13-15(3,4)5)12-9-7-6-8-10-12/h6-11H,1-5H3/q-1. The Hall–Kier alpha value is -0.386. The van der Waals surface area contributed by atoms with Gasteiger partial charge in [0, 0.05) is 0 Å². The van der Waals surface area contributed by atoms with Crippen LogP contribution in [0, 0.1) is 0 Å². The minimum Gasteiger partial charge on any atom is -0.605 e. The molecule has 0 aliphatic rings. The van der Waals surface area contributed by atoms with Gasteiger partial charge in [0.05, 0.1) is 0 Å². The zero-order chi connectivity index (χ0) is 11.5. The zero-order valence-corrected chi connectivity index (χ0v) is 12.4. The molecule has 0 radical (unpaired) electrons. The molecule has 3 heteroatoms. The molecule has 0 spiro atoms. The van der Waals surface area contributed by atoms with E-state index in [2.05, 4.69) is 63.8 Å². The summed E-state index contributed by atoms with van der Waals surface area (Å²) in [6.07, 6.45) is 0. The van der Waals surface area contributed by atoms with E-state index in [0.717, 1.165) is 0 Å². The van der Waals surface area contributed by atoms with Crippen molar-refractivity contribution < 1.29 is 4.12 Å². The largest absolute Gasteiger partial charge is 0.605 e. The minimum atomic E-state index is -1.42.